The van der Waals surface area contributed by atoms with Crippen molar-refractivity contribution in [1.29, 1.82) is 0 Å². The maximum atomic E-state index is 13.1. The monoisotopic (exact) mass is 421 g/mol. The van der Waals surface area contributed by atoms with Gasteiger partial charge < -0.3 is 19.9 Å². The van der Waals surface area contributed by atoms with Crippen LogP contribution in [0.4, 0.5) is 5.69 Å². The second-order valence-electron chi connectivity index (χ2n) is 7.17. The molecule has 6 nitrogen and oxygen atoms in total. The standard InChI is InChI=1S/C19H20BrNO5/c1-25-14-7-13(15(26-2)6-12(14)20)21-18(22)16-8-3-4-9(11-5-10(8)11)17(16)19(23)24/h3-4,6-11,16-17H,5H2,1-2H3,(H,21,22)(H,23,24)/t8-,9-,10-,11-,16+,17-/m0/s1. The van der Waals surface area contributed by atoms with Gasteiger partial charge in [0.2, 0.25) is 5.91 Å². The summed E-state index contributed by atoms with van der Waals surface area (Å²) in [6, 6.07) is 3.39. The number of nitrogens with one attached hydrogen (secondary N) is 1. The van der Waals surface area contributed by atoms with Crippen molar-refractivity contribution in [3.05, 3.63) is 28.8 Å². The van der Waals surface area contributed by atoms with Crippen LogP contribution in [0, 0.1) is 35.5 Å². The van der Waals surface area contributed by atoms with Gasteiger partial charge >= 0.3 is 5.97 Å². The number of ether oxygens (including phenoxy) is 2. The van der Waals surface area contributed by atoms with Crippen LogP contribution in [0.1, 0.15) is 6.42 Å². The van der Waals surface area contributed by atoms with Gasteiger partial charge in [-0.2, -0.15) is 0 Å². The van der Waals surface area contributed by atoms with Gasteiger partial charge in [-0.25, -0.2) is 0 Å². The molecule has 0 aliphatic heterocycles. The number of rotatable bonds is 5. The minimum Gasteiger partial charge on any atom is -0.495 e. The molecule has 0 radical (unpaired) electrons. The number of anilines is 1. The third kappa shape index (κ3) is 2.60. The molecule has 0 unspecified atom stereocenters. The van der Waals surface area contributed by atoms with E-state index in [9.17, 15) is 14.7 Å². The van der Waals surface area contributed by atoms with Gasteiger partial charge in [-0.1, -0.05) is 12.2 Å². The molecule has 4 aliphatic rings. The maximum Gasteiger partial charge on any atom is 0.307 e. The number of carboxylic acids is 1. The third-order valence-corrected chi connectivity index (χ3v) is 6.59. The molecule has 7 heteroatoms. The van der Waals surface area contributed by atoms with Crippen LogP contribution in [0.15, 0.2) is 28.8 Å². The predicted octanol–water partition coefficient (Wildman–Crippen LogP) is 3.17. The number of carbonyl (C=O) groups is 2. The van der Waals surface area contributed by atoms with E-state index >= 15 is 0 Å². The number of methoxy groups -OCH3 is 2. The van der Waals surface area contributed by atoms with Gasteiger partial charge in [0, 0.05) is 12.1 Å². The van der Waals surface area contributed by atoms with Gasteiger partial charge in [0.1, 0.15) is 11.5 Å². The van der Waals surface area contributed by atoms with E-state index in [-0.39, 0.29) is 17.7 Å². The molecule has 0 spiro atoms. The summed E-state index contributed by atoms with van der Waals surface area (Å²) >= 11 is 3.39. The summed E-state index contributed by atoms with van der Waals surface area (Å²) in [5, 5.41) is 12.6. The Bertz CT molecular complexity index is 807. The fourth-order valence-corrected chi connectivity index (χ4v) is 5.23. The smallest absolute Gasteiger partial charge is 0.307 e. The number of hydrogen-bond acceptors (Lipinski definition) is 4. The van der Waals surface area contributed by atoms with Crippen LogP contribution in [0.25, 0.3) is 0 Å². The quantitative estimate of drug-likeness (QED) is 0.713. The van der Waals surface area contributed by atoms with E-state index in [1.165, 1.54) is 14.2 Å². The Morgan fingerprint density at radius 1 is 1.08 bits per heavy atom. The highest BCUT2D eigenvalue weighted by Gasteiger charge is 2.63. The molecule has 2 saturated carbocycles. The van der Waals surface area contributed by atoms with Gasteiger partial charge in [-0.15, -0.1) is 0 Å². The van der Waals surface area contributed by atoms with Crippen molar-refractivity contribution in [2.24, 2.45) is 35.5 Å². The fraction of sp³-hybridized carbons (Fsp3) is 0.474. The molecule has 5 rings (SSSR count). The molecule has 138 valence electrons. The molecule has 2 bridgehead atoms. The average Bonchev–Trinajstić information content (AvgIpc) is 3.44. The van der Waals surface area contributed by atoms with Gasteiger partial charge in [-0.05, 0) is 46.0 Å². The van der Waals surface area contributed by atoms with Crippen LogP contribution in [0.3, 0.4) is 0 Å². The van der Waals surface area contributed by atoms with Gasteiger partial charge in [0.05, 0.1) is 36.2 Å². The van der Waals surface area contributed by atoms with Crippen molar-refractivity contribution in [3.8, 4) is 11.5 Å². The van der Waals surface area contributed by atoms with Crippen LogP contribution in [-0.4, -0.2) is 31.2 Å². The van der Waals surface area contributed by atoms with E-state index in [0.717, 1.165) is 6.42 Å². The summed E-state index contributed by atoms with van der Waals surface area (Å²) in [5.74, 6) is -0.534. The molecular weight excluding hydrogens is 402 g/mol. The van der Waals surface area contributed by atoms with Crippen molar-refractivity contribution < 1.29 is 24.2 Å². The Morgan fingerprint density at radius 2 is 1.69 bits per heavy atom. The molecule has 26 heavy (non-hydrogen) atoms. The fourth-order valence-electron chi connectivity index (χ4n) is 4.74. The Hall–Kier alpha value is -2.02. The lowest BCUT2D eigenvalue weighted by molar-refractivity contribution is -0.152. The topological polar surface area (TPSA) is 84.9 Å². The minimum atomic E-state index is -0.893. The second kappa shape index (κ2) is 6.30. The zero-order valence-electron chi connectivity index (χ0n) is 14.4. The minimum absolute atomic E-state index is 0.00515. The Labute approximate surface area is 159 Å². The lowest BCUT2D eigenvalue weighted by Crippen LogP contribution is -2.48. The summed E-state index contributed by atoms with van der Waals surface area (Å²) in [6.07, 6.45) is 5.07. The highest BCUT2D eigenvalue weighted by molar-refractivity contribution is 9.10. The van der Waals surface area contributed by atoms with Crippen molar-refractivity contribution in [2.45, 2.75) is 6.42 Å². The molecular formula is C19H20BrNO5. The number of benzene rings is 1. The van der Waals surface area contributed by atoms with E-state index in [2.05, 4.69) is 21.2 Å². The van der Waals surface area contributed by atoms with Gasteiger partial charge in [0.25, 0.3) is 0 Å². The van der Waals surface area contributed by atoms with Crippen LogP contribution in [0.2, 0.25) is 0 Å². The molecule has 0 heterocycles. The van der Waals surface area contributed by atoms with Crippen molar-refractivity contribution in [1.82, 2.24) is 0 Å². The van der Waals surface area contributed by atoms with Crippen molar-refractivity contribution in [3.63, 3.8) is 0 Å². The highest BCUT2D eigenvalue weighted by atomic mass is 79.9. The van der Waals surface area contributed by atoms with Gasteiger partial charge in [0.15, 0.2) is 0 Å². The van der Waals surface area contributed by atoms with E-state index in [4.69, 9.17) is 9.47 Å². The first-order valence-electron chi connectivity index (χ1n) is 8.59. The molecule has 6 atom stereocenters. The summed E-state index contributed by atoms with van der Waals surface area (Å²) in [6.45, 7) is 0. The predicted molar refractivity (Wildman–Crippen MR) is 98.2 cm³/mol. The molecule has 1 aromatic carbocycles. The van der Waals surface area contributed by atoms with Crippen molar-refractivity contribution >= 4 is 33.5 Å². The van der Waals surface area contributed by atoms with E-state index in [1.807, 2.05) is 12.2 Å². The van der Waals surface area contributed by atoms with E-state index in [1.54, 1.807) is 12.1 Å². The summed E-state index contributed by atoms with van der Waals surface area (Å²) < 4.78 is 11.3. The van der Waals surface area contributed by atoms with E-state index < -0.39 is 17.8 Å². The summed E-state index contributed by atoms with van der Waals surface area (Å²) in [5.41, 5.74) is 0.472. The number of allylic oxidation sites excluding steroid dienone is 2. The number of carboxylic acid groups (broad SMARTS) is 1. The SMILES string of the molecule is COc1cc(NC(=O)[C@@H]2[C@H]3C=C[C@@H]([C@@H]4C[C@@H]34)[C@@H]2C(=O)O)c(OC)cc1Br. The first-order chi connectivity index (χ1) is 12.5. The first-order valence-corrected chi connectivity index (χ1v) is 9.39. The molecule has 4 aliphatic carbocycles. The molecule has 0 aromatic heterocycles. The van der Waals surface area contributed by atoms with Crippen LogP contribution < -0.4 is 14.8 Å². The Kier molecular flexibility index (Phi) is 4.22. The summed E-state index contributed by atoms with van der Waals surface area (Å²) in [7, 11) is 3.06. The Balaban J connectivity index is 1.64. The lowest BCUT2D eigenvalue weighted by atomic mass is 9.62. The van der Waals surface area contributed by atoms with Crippen LogP contribution in [-0.2, 0) is 9.59 Å². The molecule has 2 fully saturated rings. The Morgan fingerprint density at radius 3 is 2.27 bits per heavy atom. The number of hydrogen-bond donors (Lipinski definition) is 2. The number of carbonyl (C=O) groups excluding carboxylic acids is 1. The van der Waals surface area contributed by atoms with Gasteiger partial charge in [-0.3, -0.25) is 9.59 Å². The largest absolute Gasteiger partial charge is 0.495 e. The molecule has 1 amide bonds. The highest BCUT2D eigenvalue weighted by Crippen LogP contribution is 2.63. The van der Waals surface area contributed by atoms with Crippen LogP contribution in [0.5, 0.6) is 11.5 Å². The first kappa shape index (κ1) is 17.4. The zero-order valence-corrected chi connectivity index (χ0v) is 16.0. The zero-order chi connectivity index (χ0) is 18.6. The maximum absolute atomic E-state index is 13.1. The number of halogens is 1. The molecule has 0 saturated heterocycles. The number of amides is 1. The summed E-state index contributed by atoms with van der Waals surface area (Å²) in [4.78, 5) is 25.0. The van der Waals surface area contributed by atoms with Crippen LogP contribution >= 0.6 is 15.9 Å². The lowest BCUT2D eigenvalue weighted by Gasteiger charge is -2.41. The van der Waals surface area contributed by atoms with Crippen molar-refractivity contribution in [2.75, 3.05) is 19.5 Å². The number of fused-ring (bicyclic) bond motifs is 1. The molecule has 2 N–H and O–H groups in total. The second-order valence-corrected chi connectivity index (χ2v) is 8.02. The van der Waals surface area contributed by atoms with E-state index in [0.29, 0.717) is 33.5 Å². The normalized spacial score (nSPS) is 33.3. The third-order valence-electron chi connectivity index (χ3n) is 5.97. The number of aliphatic carboxylic acids is 1. The molecule has 1 aromatic rings. The average molecular weight is 422 g/mol.